The molecule has 0 aliphatic carbocycles. The van der Waals surface area contributed by atoms with Gasteiger partial charge in [0.15, 0.2) is 0 Å². The second-order valence-electron chi connectivity index (χ2n) is 5.94. The van der Waals surface area contributed by atoms with Crippen molar-refractivity contribution in [1.82, 2.24) is 4.90 Å². The first-order valence-electron chi connectivity index (χ1n) is 7.78. The quantitative estimate of drug-likeness (QED) is 0.916. The molecule has 0 saturated carbocycles. The number of hydrogen-bond acceptors (Lipinski definition) is 3. The van der Waals surface area contributed by atoms with Crippen LogP contribution in [-0.4, -0.2) is 23.1 Å². The molecule has 0 amide bonds. The standard InChI is InChI=1S/C18H23NO2/c20-14-18-7-6-17(21-18)13-19-10-8-16(9-11-19)12-15-4-2-1-3-5-15/h1-7,16,20H,8-14H2. The summed E-state index contributed by atoms with van der Waals surface area (Å²) < 4.78 is 5.57. The monoisotopic (exact) mass is 285 g/mol. The lowest BCUT2D eigenvalue weighted by atomic mass is 9.90. The van der Waals surface area contributed by atoms with Crippen molar-refractivity contribution in [3.05, 3.63) is 59.5 Å². The summed E-state index contributed by atoms with van der Waals surface area (Å²) in [4.78, 5) is 2.45. The Balaban J connectivity index is 1.46. The number of likely N-dealkylation sites (tertiary alicyclic amines) is 1. The van der Waals surface area contributed by atoms with Gasteiger partial charge in [-0.2, -0.15) is 0 Å². The molecule has 3 heteroatoms. The van der Waals surface area contributed by atoms with Crippen molar-refractivity contribution in [1.29, 1.82) is 0 Å². The molecule has 0 bridgehead atoms. The molecule has 1 aromatic heterocycles. The highest BCUT2D eigenvalue weighted by Crippen LogP contribution is 2.23. The molecule has 1 aliphatic rings. The van der Waals surface area contributed by atoms with Crippen LogP contribution in [0.1, 0.15) is 29.9 Å². The van der Waals surface area contributed by atoms with Gasteiger partial charge in [0.1, 0.15) is 18.1 Å². The van der Waals surface area contributed by atoms with Gasteiger partial charge >= 0.3 is 0 Å². The van der Waals surface area contributed by atoms with E-state index in [9.17, 15) is 0 Å². The van der Waals surface area contributed by atoms with Crippen LogP contribution in [0.3, 0.4) is 0 Å². The van der Waals surface area contributed by atoms with Crippen molar-refractivity contribution in [2.75, 3.05) is 13.1 Å². The molecule has 1 N–H and O–H groups in total. The van der Waals surface area contributed by atoms with E-state index in [0.717, 1.165) is 31.3 Å². The Kier molecular flexibility index (Phi) is 4.73. The van der Waals surface area contributed by atoms with E-state index in [-0.39, 0.29) is 6.61 Å². The van der Waals surface area contributed by atoms with Crippen molar-refractivity contribution in [2.24, 2.45) is 5.92 Å². The average molecular weight is 285 g/mol. The fourth-order valence-electron chi connectivity index (χ4n) is 3.11. The minimum absolute atomic E-state index is 0.0147. The van der Waals surface area contributed by atoms with E-state index in [1.165, 1.54) is 24.8 Å². The number of hydrogen-bond donors (Lipinski definition) is 1. The number of furan rings is 1. The normalized spacial score (nSPS) is 17.2. The fraction of sp³-hybridized carbons (Fsp3) is 0.444. The third kappa shape index (κ3) is 3.96. The summed E-state index contributed by atoms with van der Waals surface area (Å²) >= 11 is 0. The Morgan fingerprint density at radius 2 is 1.71 bits per heavy atom. The minimum Gasteiger partial charge on any atom is -0.462 e. The van der Waals surface area contributed by atoms with E-state index in [1.54, 1.807) is 0 Å². The highest BCUT2D eigenvalue weighted by atomic mass is 16.4. The predicted molar refractivity (Wildman–Crippen MR) is 82.8 cm³/mol. The van der Waals surface area contributed by atoms with Crippen LogP contribution in [-0.2, 0) is 19.6 Å². The Morgan fingerprint density at radius 3 is 2.38 bits per heavy atom. The van der Waals surface area contributed by atoms with E-state index in [1.807, 2.05) is 12.1 Å². The van der Waals surface area contributed by atoms with Crippen LogP contribution >= 0.6 is 0 Å². The summed E-state index contributed by atoms with van der Waals surface area (Å²) in [6.45, 7) is 3.11. The molecule has 0 unspecified atom stereocenters. The van der Waals surface area contributed by atoms with Crippen LogP contribution in [0.2, 0.25) is 0 Å². The first kappa shape index (κ1) is 14.4. The highest BCUT2D eigenvalue weighted by molar-refractivity contribution is 5.15. The molecule has 2 aromatic rings. The van der Waals surface area contributed by atoms with E-state index >= 15 is 0 Å². The third-order valence-electron chi connectivity index (χ3n) is 4.33. The summed E-state index contributed by atoms with van der Waals surface area (Å²) in [5, 5.41) is 9.02. The number of benzene rings is 1. The van der Waals surface area contributed by atoms with Crippen molar-refractivity contribution >= 4 is 0 Å². The van der Waals surface area contributed by atoms with E-state index in [0.29, 0.717) is 5.76 Å². The molecule has 1 aliphatic heterocycles. The topological polar surface area (TPSA) is 36.6 Å². The zero-order valence-corrected chi connectivity index (χ0v) is 12.4. The maximum atomic E-state index is 9.02. The van der Waals surface area contributed by atoms with Gasteiger partial charge in [0.25, 0.3) is 0 Å². The molecule has 21 heavy (non-hydrogen) atoms. The SMILES string of the molecule is OCc1ccc(CN2CCC(Cc3ccccc3)CC2)o1. The summed E-state index contributed by atoms with van der Waals surface area (Å²) in [6, 6.07) is 14.6. The average Bonchev–Trinajstić information content (AvgIpc) is 2.98. The summed E-state index contributed by atoms with van der Waals surface area (Å²) in [7, 11) is 0. The van der Waals surface area contributed by atoms with Gasteiger partial charge in [-0.25, -0.2) is 0 Å². The summed E-state index contributed by atoms with van der Waals surface area (Å²) in [6.07, 6.45) is 3.70. The van der Waals surface area contributed by atoms with Gasteiger partial charge in [-0.15, -0.1) is 0 Å². The van der Waals surface area contributed by atoms with E-state index in [4.69, 9.17) is 9.52 Å². The van der Waals surface area contributed by atoms with Crippen molar-refractivity contribution in [2.45, 2.75) is 32.4 Å². The van der Waals surface area contributed by atoms with E-state index < -0.39 is 0 Å². The number of aliphatic hydroxyl groups is 1. The van der Waals surface area contributed by atoms with Crippen LogP contribution in [0.25, 0.3) is 0 Å². The molecule has 3 rings (SSSR count). The largest absolute Gasteiger partial charge is 0.462 e. The summed E-state index contributed by atoms with van der Waals surface area (Å²) in [5.41, 5.74) is 1.45. The van der Waals surface area contributed by atoms with Crippen LogP contribution in [0.5, 0.6) is 0 Å². The lowest BCUT2D eigenvalue weighted by molar-refractivity contribution is 0.162. The second kappa shape index (κ2) is 6.92. The summed E-state index contributed by atoms with van der Waals surface area (Å²) in [5.74, 6) is 2.41. The Hall–Kier alpha value is -1.58. The third-order valence-corrected chi connectivity index (χ3v) is 4.33. The van der Waals surface area contributed by atoms with Crippen LogP contribution in [0, 0.1) is 5.92 Å². The predicted octanol–water partition coefficient (Wildman–Crippen LogP) is 3.23. The van der Waals surface area contributed by atoms with Crippen molar-refractivity contribution in [3.8, 4) is 0 Å². The minimum atomic E-state index is -0.0147. The zero-order chi connectivity index (χ0) is 14.5. The van der Waals surface area contributed by atoms with Crippen molar-refractivity contribution < 1.29 is 9.52 Å². The van der Waals surface area contributed by atoms with Gasteiger partial charge in [-0.05, 0) is 56.0 Å². The molecule has 1 saturated heterocycles. The zero-order valence-electron chi connectivity index (χ0n) is 12.4. The molecule has 1 fully saturated rings. The lowest BCUT2D eigenvalue weighted by Gasteiger charge is -2.31. The van der Waals surface area contributed by atoms with E-state index in [2.05, 4.69) is 35.2 Å². The van der Waals surface area contributed by atoms with Gasteiger partial charge in [0.05, 0.1) is 6.54 Å². The Labute approximate surface area is 126 Å². The smallest absolute Gasteiger partial charge is 0.129 e. The molecule has 0 spiro atoms. The number of piperidine rings is 1. The van der Waals surface area contributed by atoms with Crippen molar-refractivity contribution in [3.63, 3.8) is 0 Å². The van der Waals surface area contributed by atoms with Gasteiger partial charge in [-0.3, -0.25) is 4.90 Å². The fourth-order valence-corrected chi connectivity index (χ4v) is 3.11. The lowest BCUT2D eigenvalue weighted by Crippen LogP contribution is -2.33. The first-order chi connectivity index (χ1) is 10.3. The van der Waals surface area contributed by atoms with Gasteiger partial charge < -0.3 is 9.52 Å². The molecular weight excluding hydrogens is 262 g/mol. The number of aliphatic hydroxyl groups excluding tert-OH is 1. The molecular formula is C18H23NO2. The second-order valence-corrected chi connectivity index (χ2v) is 5.94. The number of rotatable bonds is 5. The number of nitrogens with zero attached hydrogens (tertiary/aromatic N) is 1. The molecule has 3 nitrogen and oxygen atoms in total. The van der Waals surface area contributed by atoms with Crippen LogP contribution < -0.4 is 0 Å². The van der Waals surface area contributed by atoms with Gasteiger partial charge in [0, 0.05) is 0 Å². The molecule has 2 heterocycles. The van der Waals surface area contributed by atoms with Crippen LogP contribution in [0.15, 0.2) is 46.9 Å². The Morgan fingerprint density at radius 1 is 1.00 bits per heavy atom. The maximum Gasteiger partial charge on any atom is 0.129 e. The first-order valence-corrected chi connectivity index (χ1v) is 7.78. The molecule has 0 radical (unpaired) electrons. The Bertz CT molecular complexity index is 541. The highest BCUT2D eigenvalue weighted by Gasteiger charge is 2.20. The molecule has 112 valence electrons. The van der Waals surface area contributed by atoms with Gasteiger partial charge in [-0.1, -0.05) is 30.3 Å². The molecule has 0 atom stereocenters. The maximum absolute atomic E-state index is 9.02. The van der Waals surface area contributed by atoms with Crippen LogP contribution in [0.4, 0.5) is 0 Å². The molecule has 1 aromatic carbocycles. The van der Waals surface area contributed by atoms with Gasteiger partial charge in [0.2, 0.25) is 0 Å².